The number of nitrogens with zero attached hydrogens (tertiary/aromatic N) is 5. The number of carboxylic acids is 2. The molecule has 0 aliphatic heterocycles. The largest absolute Gasteiger partial charge is 0.481 e. The molecule has 0 saturated carbocycles. The predicted octanol–water partition coefficient (Wildman–Crippen LogP) is 0.367. The Morgan fingerprint density at radius 3 is 2.57 bits per heavy atom. The zero-order valence-electron chi connectivity index (χ0n) is 17.8. The fraction of sp³-hybridized carbons (Fsp3) is 0.200. The number of hydrogen-bond acceptors (Lipinski definition) is 11. The lowest BCUT2D eigenvalue weighted by Crippen LogP contribution is -2.41. The summed E-state index contributed by atoms with van der Waals surface area (Å²) in [6.45, 7) is 0.0399. The molecular formula is C20H18N8O6S. The molecule has 1 atom stereocenters. The van der Waals surface area contributed by atoms with Crippen molar-refractivity contribution in [2.45, 2.75) is 25.4 Å². The smallest absolute Gasteiger partial charge is 0.326 e. The second-order valence-electron chi connectivity index (χ2n) is 7.08. The van der Waals surface area contributed by atoms with Gasteiger partial charge in [-0.15, -0.1) is 5.10 Å². The molecule has 0 spiro atoms. The Labute approximate surface area is 201 Å². The van der Waals surface area contributed by atoms with Crippen LogP contribution in [0.3, 0.4) is 0 Å². The molecule has 3 rings (SSSR count). The summed E-state index contributed by atoms with van der Waals surface area (Å²) in [5.41, 5.74) is 6.00. The van der Waals surface area contributed by atoms with Crippen LogP contribution in [0.15, 0.2) is 40.4 Å². The lowest BCUT2D eigenvalue weighted by molar-refractivity contribution is -0.140. The van der Waals surface area contributed by atoms with Crippen molar-refractivity contribution in [1.29, 1.82) is 0 Å². The van der Waals surface area contributed by atoms with Crippen LogP contribution in [-0.4, -0.2) is 59.2 Å². The summed E-state index contributed by atoms with van der Waals surface area (Å²) in [5, 5.41) is 27.8. The highest BCUT2D eigenvalue weighted by molar-refractivity contribution is 7.78. The Balaban J connectivity index is 1.77. The van der Waals surface area contributed by atoms with Gasteiger partial charge in [0.25, 0.3) is 11.5 Å². The maximum Gasteiger partial charge on any atom is 0.326 e. The highest BCUT2D eigenvalue weighted by Gasteiger charge is 2.22. The van der Waals surface area contributed by atoms with Crippen molar-refractivity contribution in [2.75, 3.05) is 10.7 Å². The van der Waals surface area contributed by atoms with Crippen LogP contribution in [0.2, 0.25) is 0 Å². The zero-order chi connectivity index (χ0) is 25.5. The third kappa shape index (κ3) is 6.40. The summed E-state index contributed by atoms with van der Waals surface area (Å²) in [5.74, 6) is -3.29. The number of carbonyl (C=O) groups excluding carboxylic acids is 1. The lowest BCUT2D eigenvalue weighted by Gasteiger charge is -2.18. The number of isothiocyanates is 1. The summed E-state index contributed by atoms with van der Waals surface area (Å²) in [4.78, 5) is 61.1. The Hall–Kier alpha value is -4.75. The Bertz CT molecular complexity index is 1390. The molecule has 0 fully saturated rings. The molecule has 6 N–H and O–H groups in total. The highest BCUT2D eigenvalue weighted by Crippen LogP contribution is 2.19. The van der Waals surface area contributed by atoms with Crippen molar-refractivity contribution in [2.24, 2.45) is 5.10 Å². The molecule has 0 saturated heterocycles. The Morgan fingerprint density at radius 1 is 1.23 bits per heavy atom. The first kappa shape index (κ1) is 24.9. The first-order chi connectivity index (χ1) is 16.7. The normalized spacial score (nSPS) is 11.3. The van der Waals surface area contributed by atoms with Gasteiger partial charge in [-0.3, -0.25) is 24.4 Å². The number of aliphatic carboxylic acids is 2. The maximum absolute atomic E-state index is 12.4. The number of nitrogen functional groups attached to an aromatic ring is 1. The summed E-state index contributed by atoms with van der Waals surface area (Å²) >= 11 is 4.70. The van der Waals surface area contributed by atoms with Gasteiger partial charge < -0.3 is 21.3 Å². The van der Waals surface area contributed by atoms with Gasteiger partial charge in [-0.2, -0.15) is 4.98 Å². The quantitative estimate of drug-likeness (QED) is 0.145. The second-order valence-corrected chi connectivity index (χ2v) is 7.26. The van der Waals surface area contributed by atoms with E-state index in [4.69, 9.17) is 23.1 Å². The van der Waals surface area contributed by atoms with Crippen LogP contribution < -0.4 is 21.6 Å². The van der Waals surface area contributed by atoms with Crippen molar-refractivity contribution in [3.8, 4) is 0 Å². The molecule has 0 aliphatic rings. The van der Waals surface area contributed by atoms with Crippen molar-refractivity contribution in [1.82, 2.24) is 25.3 Å². The monoisotopic (exact) mass is 498 g/mol. The molecule has 1 amide bonds. The van der Waals surface area contributed by atoms with Gasteiger partial charge >= 0.3 is 11.9 Å². The minimum atomic E-state index is -1.35. The molecule has 15 heteroatoms. The van der Waals surface area contributed by atoms with Crippen LogP contribution in [0.5, 0.6) is 0 Å². The molecule has 35 heavy (non-hydrogen) atoms. The van der Waals surface area contributed by atoms with Crippen molar-refractivity contribution < 1.29 is 24.6 Å². The first-order valence-corrected chi connectivity index (χ1v) is 10.3. The number of H-pyrrole nitrogens is 1. The summed E-state index contributed by atoms with van der Waals surface area (Å²) < 4.78 is 0. The number of aromatic nitrogens is 4. The third-order valence-corrected chi connectivity index (χ3v) is 4.72. The predicted molar refractivity (Wildman–Crippen MR) is 126 cm³/mol. The highest BCUT2D eigenvalue weighted by atomic mass is 32.1. The van der Waals surface area contributed by atoms with E-state index < -0.39 is 35.9 Å². The Kier molecular flexibility index (Phi) is 7.76. The molecule has 2 heterocycles. The minimum absolute atomic E-state index is 0.00844. The standard InChI is InChI=1S/C20H18N8O6S/c21-20-26-16-15(18(32)27-20)24-11(7-22-16)8-28(23-9-35)12-3-1-10(2-4-12)17(31)25-13(19(33)34)5-6-14(29)30/h1-4,7,13H,5-6,8H2,(H,25,31)(H,29,30)(H,33,34)(H3,21,22,26,27,32)/t13-/m0/s1. The molecule has 0 bridgehead atoms. The van der Waals surface area contributed by atoms with Crippen LogP contribution in [-0.2, 0) is 16.1 Å². The maximum atomic E-state index is 12.4. The van der Waals surface area contributed by atoms with E-state index in [1.165, 1.54) is 35.5 Å². The molecule has 1 aromatic carbocycles. The number of carbonyl (C=O) groups is 3. The number of nitrogens with two attached hydrogens (primary N) is 1. The number of hydrazone groups is 1. The number of benzene rings is 1. The SMILES string of the molecule is Nc1nc2ncc(CN(N=C=S)c3ccc(C(=O)N[C@@H](CCC(=O)O)C(=O)O)cc3)nc2c(=O)[nH]1. The zero-order valence-corrected chi connectivity index (χ0v) is 18.7. The van der Waals surface area contributed by atoms with Crippen molar-refractivity contribution >= 4 is 58.0 Å². The van der Waals surface area contributed by atoms with Crippen LogP contribution in [0.4, 0.5) is 11.6 Å². The number of rotatable bonds is 10. The average molecular weight is 498 g/mol. The van der Waals surface area contributed by atoms with E-state index >= 15 is 0 Å². The summed E-state index contributed by atoms with van der Waals surface area (Å²) in [6.07, 6.45) is 0.724. The van der Waals surface area contributed by atoms with Gasteiger partial charge in [-0.1, -0.05) is 0 Å². The molecule has 0 unspecified atom stereocenters. The van der Waals surface area contributed by atoms with E-state index in [1.807, 2.05) is 0 Å². The van der Waals surface area contributed by atoms with Gasteiger partial charge in [0.2, 0.25) is 5.95 Å². The van der Waals surface area contributed by atoms with Gasteiger partial charge in [0.15, 0.2) is 11.2 Å². The van der Waals surface area contributed by atoms with E-state index in [-0.39, 0.29) is 35.6 Å². The van der Waals surface area contributed by atoms with E-state index in [2.05, 4.69) is 35.5 Å². The van der Waals surface area contributed by atoms with Crippen LogP contribution >= 0.6 is 12.2 Å². The second kappa shape index (κ2) is 10.9. The lowest BCUT2D eigenvalue weighted by atomic mass is 10.1. The molecule has 0 aliphatic carbocycles. The molecule has 180 valence electrons. The topological polar surface area (TPSA) is 217 Å². The van der Waals surface area contributed by atoms with E-state index in [0.29, 0.717) is 11.4 Å². The van der Waals surface area contributed by atoms with Gasteiger partial charge in [0.1, 0.15) is 6.04 Å². The van der Waals surface area contributed by atoms with E-state index in [9.17, 15) is 24.3 Å². The molecule has 3 aromatic rings. The third-order valence-electron chi connectivity index (χ3n) is 4.64. The van der Waals surface area contributed by atoms with Gasteiger partial charge in [0.05, 0.1) is 29.3 Å². The molecule has 14 nitrogen and oxygen atoms in total. The average Bonchev–Trinajstić information content (AvgIpc) is 2.81. The minimum Gasteiger partial charge on any atom is -0.481 e. The number of carboxylic acid groups (broad SMARTS) is 2. The molecular weight excluding hydrogens is 480 g/mol. The number of fused-ring (bicyclic) bond motifs is 1. The summed E-state index contributed by atoms with van der Waals surface area (Å²) in [6, 6.07) is 4.56. The van der Waals surface area contributed by atoms with Crippen molar-refractivity contribution in [3.63, 3.8) is 0 Å². The van der Waals surface area contributed by atoms with E-state index in [0.717, 1.165) is 0 Å². The number of anilines is 2. The summed E-state index contributed by atoms with van der Waals surface area (Å²) in [7, 11) is 0. The number of aromatic amines is 1. The Morgan fingerprint density at radius 2 is 1.94 bits per heavy atom. The molecule has 0 radical (unpaired) electrons. The van der Waals surface area contributed by atoms with Gasteiger partial charge in [0, 0.05) is 12.0 Å². The number of amides is 1. The van der Waals surface area contributed by atoms with E-state index in [1.54, 1.807) is 0 Å². The fourth-order valence-corrected chi connectivity index (χ4v) is 3.08. The first-order valence-electron chi connectivity index (χ1n) is 9.90. The van der Waals surface area contributed by atoms with Crippen molar-refractivity contribution in [3.05, 3.63) is 52.1 Å². The van der Waals surface area contributed by atoms with Crippen LogP contribution in [0, 0.1) is 0 Å². The fourth-order valence-electron chi connectivity index (χ4n) is 2.99. The van der Waals surface area contributed by atoms with Crippen LogP contribution in [0.1, 0.15) is 28.9 Å². The number of thiocarbonyl (C=S) groups is 1. The molecule has 2 aromatic heterocycles. The number of hydrogen-bond donors (Lipinski definition) is 5. The number of nitrogens with one attached hydrogen (secondary N) is 2. The van der Waals surface area contributed by atoms with Gasteiger partial charge in [-0.05, 0) is 42.9 Å². The van der Waals surface area contributed by atoms with Crippen LogP contribution in [0.25, 0.3) is 11.2 Å². The van der Waals surface area contributed by atoms with Gasteiger partial charge in [-0.25, -0.2) is 14.8 Å².